The molecular formula is C15H14F4N2O3. The summed E-state index contributed by atoms with van der Waals surface area (Å²) in [6.45, 7) is 0.560. The zero-order valence-electron chi connectivity index (χ0n) is 12.3. The van der Waals surface area contributed by atoms with Crippen LogP contribution in [0, 0.1) is 5.82 Å². The summed E-state index contributed by atoms with van der Waals surface area (Å²) in [5.41, 5.74) is -0.105. The molecule has 1 aromatic carbocycles. The predicted octanol–water partition coefficient (Wildman–Crippen LogP) is 3.21. The minimum absolute atomic E-state index is 0.0827. The highest BCUT2D eigenvalue weighted by molar-refractivity contribution is 5.31. The van der Waals surface area contributed by atoms with Gasteiger partial charge in [-0.2, -0.15) is 5.16 Å². The number of rotatable bonds is 3. The van der Waals surface area contributed by atoms with E-state index in [2.05, 4.69) is 15.2 Å². The molecule has 0 unspecified atom stereocenters. The standard InChI is InChI=1S/C15H14F4N2O3/c16-11-6-9(23-15(17,18)19)1-2-10(11)12-5-8(3-4-20-12)13-7-14(22)21-24-13/h1-2,6-8,12,20H,3-5H2,(H,21,22)/t8-,12-/m1/s1. The smallest absolute Gasteiger partial charge is 0.406 e. The number of H-pyrrole nitrogens is 1. The summed E-state index contributed by atoms with van der Waals surface area (Å²) in [5.74, 6) is -0.984. The number of aromatic amines is 1. The fourth-order valence-corrected chi connectivity index (χ4v) is 2.90. The van der Waals surface area contributed by atoms with Crippen molar-refractivity contribution in [1.82, 2.24) is 10.5 Å². The summed E-state index contributed by atoms with van der Waals surface area (Å²) in [4.78, 5) is 11.2. The average Bonchev–Trinajstić information content (AvgIpc) is 2.92. The Morgan fingerprint density at radius 1 is 1.25 bits per heavy atom. The van der Waals surface area contributed by atoms with Crippen LogP contribution in [-0.2, 0) is 0 Å². The number of alkyl halides is 3. The van der Waals surface area contributed by atoms with Crippen LogP contribution in [0.15, 0.2) is 33.6 Å². The van der Waals surface area contributed by atoms with Crippen LogP contribution < -0.4 is 15.6 Å². The van der Waals surface area contributed by atoms with Gasteiger partial charge in [0.25, 0.3) is 5.56 Å². The molecule has 0 saturated carbocycles. The molecule has 1 aromatic heterocycles. The molecule has 1 aliphatic rings. The van der Waals surface area contributed by atoms with Crippen molar-refractivity contribution in [3.05, 3.63) is 51.8 Å². The maximum absolute atomic E-state index is 14.2. The number of hydrogen-bond donors (Lipinski definition) is 2. The molecule has 0 spiro atoms. The van der Waals surface area contributed by atoms with Crippen LogP contribution in [0.25, 0.3) is 0 Å². The van der Waals surface area contributed by atoms with E-state index in [-0.39, 0.29) is 17.0 Å². The number of hydrogen-bond acceptors (Lipinski definition) is 4. The van der Waals surface area contributed by atoms with Crippen molar-refractivity contribution in [1.29, 1.82) is 0 Å². The molecule has 24 heavy (non-hydrogen) atoms. The van der Waals surface area contributed by atoms with Crippen LogP contribution in [0.2, 0.25) is 0 Å². The monoisotopic (exact) mass is 346 g/mol. The van der Waals surface area contributed by atoms with Gasteiger partial charge in [0.05, 0.1) is 0 Å². The molecule has 9 heteroatoms. The van der Waals surface area contributed by atoms with Gasteiger partial charge < -0.3 is 14.6 Å². The Hall–Kier alpha value is -2.29. The molecule has 0 amide bonds. The second kappa shape index (κ2) is 6.31. The first kappa shape index (κ1) is 16.6. The first-order chi connectivity index (χ1) is 11.3. The number of benzene rings is 1. The zero-order chi connectivity index (χ0) is 17.3. The van der Waals surface area contributed by atoms with Crippen LogP contribution >= 0.6 is 0 Å². The van der Waals surface area contributed by atoms with Gasteiger partial charge in [-0.05, 0) is 25.5 Å². The molecular weight excluding hydrogens is 332 g/mol. The number of piperidine rings is 1. The van der Waals surface area contributed by atoms with Crippen LogP contribution in [0.1, 0.15) is 36.1 Å². The van der Waals surface area contributed by atoms with Gasteiger partial charge in [0, 0.05) is 29.7 Å². The Balaban J connectivity index is 1.77. The highest BCUT2D eigenvalue weighted by atomic mass is 19.4. The van der Waals surface area contributed by atoms with Crippen molar-refractivity contribution in [2.24, 2.45) is 0 Å². The van der Waals surface area contributed by atoms with Gasteiger partial charge in [0.1, 0.15) is 17.3 Å². The van der Waals surface area contributed by atoms with Gasteiger partial charge in [-0.1, -0.05) is 6.07 Å². The SMILES string of the molecule is O=c1cc([C@@H]2CCN[C@@H](c3ccc(OC(F)(F)F)cc3F)C2)o[nH]1. The zero-order valence-corrected chi connectivity index (χ0v) is 12.3. The summed E-state index contributed by atoms with van der Waals surface area (Å²) in [7, 11) is 0. The van der Waals surface area contributed by atoms with E-state index in [0.717, 1.165) is 6.07 Å². The lowest BCUT2D eigenvalue weighted by Crippen LogP contribution is -2.31. The minimum Gasteiger partial charge on any atom is -0.406 e. The lowest BCUT2D eigenvalue weighted by Gasteiger charge is -2.29. The molecule has 1 aliphatic heterocycles. The summed E-state index contributed by atoms with van der Waals surface area (Å²) in [5, 5.41) is 5.33. The quantitative estimate of drug-likeness (QED) is 0.838. The molecule has 1 fully saturated rings. The van der Waals surface area contributed by atoms with Gasteiger partial charge in [-0.25, -0.2) is 4.39 Å². The maximum Gasteiger partial charge on any atom is 0.573 e. The third-order valence-electron chi connectivity index (χ3n) is 3.93. The molecule has 0 aliphatic carbocycles. The van der Waals surface area contributed by atoms with Crippen LogP contribution in [0.4, 0.5) is 17.6 Å². The molecule has 0 bridgehead atoms. The van der Waals surface area contributed by atoms with E-state index < -0.39 is 24.0 Å². The number of ether oxygens (including phenoxy) is 1. The predicted molar refractivity (Wildman–Crippen MR) is 75.1 cm³/mol. The van der Waals surface area contributed by atoms with Crippen LogP contribution in [0.5, 0.6) is 5.75 Å². The second-order valence-corrected chi connectivity index (χ2v) is 5.57. The molecule has 0 radical (unpaired) electrons. The van der Waals surface area contributed by atoms with Gasteiger partial charge in [0.15, 0.2) is 0 Å². The summed E-state index contributed by atoms with van der Waals surface area (Å²) < 4.78 is 59.5. The van der Waals surface area contributed by atoms with E-state index in [1.54, 1.807) is 0 Å². The van der Waals surface area contributed by atoms with E-state index in [1.165, 1.54) is 12.1 Å². The van der Waals surface area contributed by atoms with Gasteiger partial charge in [-0.15, -0.1) is 13.2 Å². The van der Waals surface area contributed by atoms with E-state index in [9.17, 15) is 22.4 Å². The van der Waals surface area contributed by atoms with Crippen molar-refractivity contribution >= 4 is 0 Å². The van der Waals surface area contributed by atoms with Crippen molar-refractivity contribution in [3.8, 4) is 5.75 Å². The lowest BCUT2D eigenvalue weighted by molar-refractivity contribution is -0.274. The number of nitrogens with one attached hydrogen (secondary N) is 2. The molecule has 5 nitrogen and oxygen atoms in total. The molecule has 1 saturated heterocycles. The Morgan fingerprint density at radius 2 is 2.04 bits per heavy atom. The maximum atomic E-state index is 14.2. The minimum atomic E-state index is -4.87. The van der Waals surface area contributed by atoms with Gasteiger partial charge in [-0.3, -0.25) is 4.79 Å². The second-order valence-electron chi connectivity index (χ2n) is 5.57. The van der Waals surface area contributed by atoms with Gasteiger partial charge in [0.2, 0.25) is 0 Å². The largest absolute Gasteiger partial charge is 0.573 e. The number of halogens is 4. The molecule has 2 atom stereocenters. The highest BCUT2D eigenvalue weighted by Crippen LogP contribution is 2.35. The lowest BCUT2D eigenvalue weighted by atomic mass is 9.87. The Kier molecular flexibility index (Phi) is 4.35. The Bertz CT molecular complexity index is 769. The first-order valence-electron chi connectivity index (χ1n) is 7.29. The Morgan fingerprint density at radius 3 is 2.67 bits per heavy atom. The average molecular weight is 346 g/mol. The molecule has 2 heterocycles. The highest BCUT2D eigenvalue weighted by Gasteiger charge is 2.32. The molecule has 130 valence electrons. The molecule has 2 aromatic rings. The molecule has 2 N–H and O–H groups in total. The van der Waals surface area contributed by atoms with E-state index in [4.69, 9.17) is 4.52 Å². The van der Waals surface area contributed by atoms with Crippen molar-refractivity contribution in [2.75, 3.05) is 6.54 Å². The fourth-order valence-electron chi connectivity index (χ4n) is 2.90. The van der Waals surface area contributed by atoms with Crippen LogP contribution in [-0.4, -0.2) is 18.1 Å². The third-order valence-corrected chi connectivity index (χ3v) is 3.93. The number of aromatic nitrogens is 1. The van der Waals surface area contributed by atoms with Crippen molar-refractivity contribution in [3.63, 3.8) is 0 Å². The molecule has 3 rings (SSSR count). The third kappa shape index (κ3) is 3.78. The van der Waals surface area contributed by atoms with Crippen molar-refractivity contribution < 1.29 is 26.8 Å². The van der Waals surface area contributed by atoms with E-state index in [0.29, 0.717) is 31.2 Å². The first-order valence-corrected chi connectivity index (χ1v) is 7.29. The van der Waals surface area contributed by atoms with E-state index in [1.807, 2.05) is 0 Å². The topological polar surface area (TPSA) is 67.3 Å². The van der Waals surface area contributed by atoms with Crippen molar-refractivity contribution in [2.45, 2.75) is 31.2 Å². The summed E-state index contributed by atoms with van der Waals surface area (Å²) >= 11 is 0. The van der Waals surface area contributed by atoms with Crippen LogP contribution in [0.3, 0.4) is 0 Å². The fraction of sp³-hybridized carbons (Fsp3) is 0.400. The summed E-state index contributed by atoms with van der Waals surface area (Å²) in [6, 6.07) is 4.01. The van der Waals surface area contributed by atoms with Gasteiger partial charge >= 0.3 is 6.36 Å². The summed E-state index contributed by atoms with van der Waals surface area (Å²) in [6.07, 6.45) is -3.71. The Labute approximate surface area is 133 Å². The normalized spacial score (nSPS) is 21.7. The van der Waals surface area contributed by atoms with E-state index >= 15 is 0 Å².